The van der Waals surface area contributed by atoms with Crippen molar-refractivity contribution >= 4 is 50.1 Å². The summed E-state index contributed by atoms with van der Waals surface area (Å²) >= 11 is 3.37. The van der Waals surface area contributed by atoms with E-state index in [0.717, 1.165) is 22.8 Å². The normalized spacial score (nSPS) is 13.6. The summed E-state index contributed by atoms with van der Waals surface area (Å²) in [6.07, 6.45) is 3.47. The number of hydrogen-bond donors (Lipinski definition) is 1. The van der Waals surface area contributed by atoms with Crippen LogP contribution in [-0.4, -0.2) is 40.2 Å². The second-order valence-corrected chi connectivity index (χ2v) is 7.99. The number of nitrogens with one attached hydrogen (secondary N) is 1. The van der Waals surface area contributed by atoms with Crippen molar-refractivity contribution in [3.05, 3.63) is 64.8 Å². The molecule has 0 bridgehead atoms. The van der Waals surface area contributed by atoms with Gasteiger partial charge in [-0.05, 0) is 43.2 Å². The molecule has 6 nitrogen and oxygen atoms in total. The van der Waals surface area contributed by atoms with Gasteiger partial charge < -0.3 is 14.8 Å². The molecule has 0 unspecified atom stereocenters. The summed E-state index contributed by atoms with van der Waals surface area (Å²) in [7, 11) is 0. The highest BCUT2D eigenvalue weighted by molar-refractivity contribution is 9.10. The molecule has 2 heterocycles. The van der Waals surface area contributed by atoms with Crippen molar-refractivity contribution in [2.45, 2.75) is 19.4 Å². The molecule has 7 heteroatoms. The van der Waals surface area contributed by atoms with E-state index in [2.05, 4.69) is 21.2 Å². The van der Waals surface area contributed by atoms with Gasteiger partial charge in [0.05, 0.1) is 5.56 Å². The van der Waals surface area contributed by atoms with Crippen molar-refractivity contribution in [3.8, 4) is 0 Å². The zero-order chi connectivity index (χ0) is 20.4. The Hall–Kier alpha value is -2.93. The average Bonchev–Trinajstić information content (AvgIpc) is 3.38. The number of amides is 2. The Morgan fingerprint density at radius 3 is 2.38 bits per heavy atom. The number of Topliss-reactive ketones (excluding diaryl/α,β-unsaturated/α-hetero) is 1. The zero-order valence-corrected chi connectivity index (χ0v) is 17.3. The number of benzene rings is 2. The van der Waals surface area contributed by atoms with Crippen molar-refractivity contribution < 1.29 is 14.4 Å². The molecular formula is C22H20BrN3O3. The van der Waals surface area contributed by atoms with Crippen molar-refractivity contribution in [2.75, 3.05) is 18.4 Å². The van der Waals surface area contributed by atoms with Gasteiger partial charge in [0.1, 0.15) is 6.54 Å². The summed E-state index contributed by atoms with van der Waals surface area (Å²) in [5, 5.41) is 3.53. The van der Waals surface area contributed by atoms with Gasteiger partial charge in [0.15, 0.2) is 0 Å². The molecule has 0 spiro atoms. The van der Waals surface area contributed by atoms with Crippen LogP contribution >= 0.6 is 15.9 Å². The number of rotatable bonds is 5. The van der Waals surface area contributed by atoms with E-state index in [0.29, 0.717) is 29.7 Å². The molecule has 2 amide bonds. The number of anilines is 1. The topological polar surface area (TPSA) is 71.4 Å². The van der Waals surface area contributed by atoms with E-state index < -0.39 is 11.7 Å². The summed E-state index contributed by atoms with van der Waals surface area (Å²) in [5.74, 6) is -1.20. The van der Waals surface area contributed by atoms with Gasteiger partial charge in [-0.2, -0.15) is 0 Å². The first-order valence-electron chi connectivity index (χ1n) is 9.50. The third-order valence-electron chi connectivity index (χ3n) is 5.06. The van der Waals surface area contributed by atoms with Gasteiger partial charge in [0.2, 0.25) is 5.91 Å². The molecule has 1 saturated heterocycles. The Morgan fingerprint density at radius 2 is 1.66 bits per heavy atom. The lowest BCUT2D eigenvalue weighted by Gasteiger charge is -2.13. The maximum absolute atomic E-state index is 12.9. The van der Waals surface area contributed by atoms with Crippen LogP contribution in [0.15, 0.2) is 59.2 Å². The van der Waals surface area contributed by atoms with E-state index >= 15 is 0 Å². The quantitative estimate of drug-likeness (QED) is 0.471. The lowest BCUT2D eigenvalue weighted by molar-refractivity contribution is -0.125. The predicted octanol–water partition coefficient (Wildman–Crippen LogP) is 3.85. The number of carbonyl (C=O) groups excluding carboxylic acids is 3. The standard InChI is InChI=1S/C22H20BrN3O3/c23-15-7-9-16(10-8-15)24-20(27)14-26-13-18(17-5-1-2-6-19(17)26)21(28)22(29)25-11-3-4-12-25/h1-2,5-10,13H,3-4,11-12,14H2,(H,24,27). The fraction of sp³-hybridized carbons (Fsp3) is 0.227. The molecule has 2 aromatic carbocycles. The van der Waals surface area contributed by atoms with Gasteiger partial charge in [0.25, 0.3) is 11.7 Å². The Balaban J connectivity index is 1.58. The maximum Gasteiger partial charge on any atom is 0.295 e. The minimum absolute atomic E-state index is 0.0434. The molecule has 1 aliphatic heterocycles. The van der Waals surface area contributed by atoms with Gasteiger partial charge in [-0.15, -0.1) is 0 Å². The van der Waals surface area contributed by atoms with Crippen LogP contribution in [0.4, 0.5) is 5.69 Å². The first-order chi connectivity index (χ1) is 14.0. The molecule has 4 rings (SSSR count). The lowest BCUT2D eigenvalue weighted by Crippen LogP contribution is -2.34. The minimum Gasteiger partial charge on any atom is -0.337 e. The molecule has 0 atom stereocenters. The highest BCUT2D eigenvalue weighted by Gasteiger charge is 2.28. The predicted molar refractivity (Wildman–Crippen MR) is 115 cm³/mol. The molecule has 1 aromatic heterocycles. The fourth-order valence-electron chi connectivity index (χ4n) is 3.63. The largest absolute Gasteiger partial charge is 0.337 e. The van der Waals surface area contributed by atoms with Crippen LogP contribution in [-0.2, 0) is 16.1 Å². The first kappa shape index (κ1) is 19.4. The fourth-order valence-corrected chi connectivity index (χ4v) is 3.89. The van der Waals surface area contributed by atoms with Gasteiger partial charge >= 0.3 is 0 Å². The molecule has 3 aromatic rings. The molecule has 1 N–H and O–H groups in total. The summed E-state index contributed by atoms with van der Waals surface area (Å²) in [4.78, 5) is 39.6. The van der Waals surface area contributed by atoms with Crippen LogP contribution < -0.4 is 5.32 Å². The summed E-state index contributed by atoms with van der Waals surface area (Å²) < 4.78 is 2.64. The highest BCUT2D eigenvalue weighted by Crippen LogP contribution is 2.23. The number of aromatic nitrogens is 1. The second-order valence-electron chi connectivity index (χ2n) is 7.07. The van der Waals surface area contributed by atoms with Crippen LogP contribution in [0.25, 0.3) is 10.9 Å². The van der Waals surface area contributed by atoms with Gasteiger partial charge in [0, 0.05) is 40.3 Å². The molecule has 1 fully saturated rings. The Labute approximate surface area is 176 Å². The monoisotopic (exact) mass is 453 g/mol. The van der Waals surface area contributed by atoms with E-state index in [-0.39, 0.29) is 12.5 Å². The molecule has 0 saturated carbocycles. The molecule has 0 aliphatic carbocycles. The molecule has 148 valence electrons. The summed E-state index contributed by atoms with van der Waals surface area (Å²) in [6.45, 7) is 1.29. The molecule has 0 radical (unpaired) electrons. The second kappa shape index (κ2) is 8.21. The van der Waals surface area contributed by atoms with Crippen LogP contribution in [0.2, 0.25) is 0 Å². The van der Waals surface area contributed by atoms with Crippen LogP contribution in [0.5, 0.6) is 0 Å². The smallest absolute Gasteiger partial charge is 0.295 e. The highest BCUT2D eigenvalue weighted by atomic mass is 79.9. The van der Waals surface area contributed by atoms with E-state index in [1.807, 2.05) is 36.4 Å². The van der Waals surface area contributed by atoms with Crippen molar-refractivity contribution in [1.29, 1.82) is 0 Å². The van der Waals surface area contributed by atoms with Gasteiger partial charge in [-0.3, -0.25) is 14.4 Å². The molecular weight excluding hydrogens is 434 g/mol. The number of halogens is 1. The number of nitrogens with zero attached hydrogens (tertiary/aromatic N) is 2. The number of fused-ring (bicyclic) bond motifs is 1. The number of likely N-dealkylation sites (tertiary alicyclic amines) is 1. The Bertz CT molecular complexity index is 1080. The first-order valence-corrected chi connectivity index (χ1v) is 10.3. The van der Waals surface area contributed by atoms with Crippen LogP contribution in [0.1, 0.15) is 23.2 Å². The number of hydrogen-bond acceptors (Lipinski definition) is 3. The molecule has 29 heavy (non-hydrogen) atoms. The summed E-state index contributed by atoms with van der Waals surface area (Å²) in [5.41, 5.74) is 1.78. The van der Waals surface area contributed by atoms with Crippen LogP contribution in [0.3, 0.4) is 0 Å². The minimum atomic E-state index is -0.518. The number of ketones is 1. The van der Waals surface area contributed by atoms with Gasteiger partial charge in [-0.25, -0.2) is 0 Å². The maximum atomic E-state index is 12.9. The zero-order valence-electron chi connectivity index (χ0n) is 15.7. The van der Waals surface area contributed by atoms with Crippen molar-refractivity contribution in [2.24, 2.45) is 0 Å². The third kappa shape index (κ3) is 4.10. The van der Waals surface area contributed by atoms with E-state index in [1.54, 1.807) is 27.8 Å². The molecule has 1 aliphatic rings. The Kier molecular flexibility index (Phi) is 5.49. The summed E-state index contributed by atoms with van der Waals surface area (Å²) in [6, 6.07) is 14.6. The lowest BCUT2D eigenvalue weighted by atomic mass is 10.1. The third-order valence-corrected chi connectivity index (χ3v) is 5.59. The van der Waals surface area contributed by atoms with E-state index in [1.165, 1.54) is 0 Å². The Morgan fingerprint density at radius 1 is 0.966 bits per heavy atom. The average molecular weight is 454 g/mol. The van der Waals surface area contributed by atoms with Crippen molar-refractivity contribution in [3.63, 3.8) is 0 Å². The SMILES string of the molecule is O=C(Cn1cc(C(=O)C(=O)N2CCCC2)c2ccccc21)Nc1ccc(Br)cc1. The number of carbonyl (C=O) groups is 3. The number of para-hydroxylation sites is 1. The van der Waals surface area contributed by atoms with E-state index in [9.17, 15) is 14.4 Å². The van der Waals surface area contributed by atoms with E-state index in [4.69, 9.17) is 0 Å². The van der Waals surface area contributed by atoms with Crippen LogP contribution in [0, 0.1) is 0 Å². The van der Waals surface area contributed by atoms with Crippen molar-refractivity contribution in [1.82, 2.24) is 9.47 Å². The van der Waals surface area contributed by atoms with Gasteiger partial charge in [-0.1, -0.05) is 34.1 Å².